The van der Waals surface area contributed by atoms with Gasteiger partial charge in [0.15, 0.2) is 0 Å². The van der Waals surface area contributed by atoms with Crippen LogP contribution in [-0.4, -0.2) is 48.9 Å². The van der Waals surface area contributed by atoms with E-state index in [1.165, 1.54) is 6.42 Å². The summed E-state index contributed by atoms with van der Waals surface area (Å²) in [6, 6.07) is 5.73. The van der Waals surface area contributed by atoms with E-state index in [-0.39, 0.29) is 5.91 Å². The number of rotatable bonds is 4. The van der Waals surface area contributed by atoms with Crippen LogP contribution in [0.5, 0.6) is 0 Å². The Hall–Kier alpha value is -0.770. The van der Waals surface area contributed by atoms with Gasteiger partial charge in [-0.15, -0.1) is 0 Å². The van der Waals surface area contributed by atoms with Gasteiger partial charge in [0.25, 0.3) is 0 Å². The molecule has 0 unspecified atom stereocenters. The summed E-state index contributed by atoms with van der Waals surface area (Å²) in [5.74, 6) is 0.180. The Labute approximate surface area is 136 Å². The van der Waals surface area contributed by atoms with Crippen LogP contribution < -0.4 is 0 Å². The number of likely N-dealkylation sites (N-methyl/N-ethyl adjacent to an activating group) is 1. The highest BCUT2D eigenvalue weighted by molar-refractivity contribution is 6.42. The molecule has 0 aromatic heterocycles. The molecule has 116 valence electrons. The van der Waals surface area contributed by atoms with Crippen molar-refractivity contribution < 1.29 is 4.79 Å². The maximum absolute atomic E-state index is 12.6. The second-order valence-electron chi connectivity index (χ2n) is 5.92. The lowest BCUT2D eigenvalue weighted by Gasteiger charge is -2.37. The summed E-state index contributed by atoms with van der Waals surface area (Å²) in [5, 5.41) is 1.03. The Morgan fingerprint density at radius 1 is 1.29 bits per heavy atom. The first kappa shape index (κ1) is 16.6. The first-order valence-electron chi connectivity index (χ1n) is 7.35. The highest BCUT2D eigenvalue weighted by Gasteiger charge is 2.26. The fraction of sp³-hybridized carbons (Fsp3) is 0.562. The number of piperidine rings is 1. The van der Waals surface area contributed by atoms with Crippen molar-refractivity contribution in [1.29, 1.82) is 0 Å². The van der Waals surface area contributed by atoms with Crippen molar-refractivity contribution in [2.24, 2.45) is 0 Å². The van der Waals surface area contributed by atoms with Gasteiger partial charge in [0, 0.05) is 19.1 Å². The van der Waals surface area contributed by atoms with Crippen LogP contribution in [0.4, 0.5) is 0 Å². The smallest absolute Gasteiger partial charge is 0.227 e. The number of likely N-dealkylation sites (tertiary alicyclic amines) is 1. The molecule has 1 aliphatic heterocycles. The molecule has 1 heterocycles. The minimum atomic E-state index is 0.180. The van der Waals surface area contributed by atoms with Crippen molar-refractivity contribution in [1.82, 2.24) is 9.80 Å². The molecular weight excluding hydrogens is 307 g/mol. The quantitative estimate of drug-likeness (QED) is 0.844. The van der Waals surface area contributed by atoms with Gasteiger partial charge in [-0.25, -0.2) is 0 Å². The van der Waals surface area contributed by atoms with Crippen molar-refractivity contribution in [3.05, 3.63) is 33.8 Å². The Kier molecular flexibility index (Phi) is 5.91. The third-order valence-corrected chi connectivity index (χ3v) is 4.60. The summed E-state index contributed by atoms with van der Waals surface area (Å²) in [7, 11) is 4.10. The minimum Gasteiger partial charge on any atom is -0.338 e. The largest absolute Gasteiger partial charge is 0.338 e. The third kappa shape index (κ3) is 4.60. The monoisotopic (exact) mass is 328 g/mol. The van der Waals surface area contributed by atoms with Gasteiger partial charge < -0.3 is 9.80 Å². The van der Waals surface area contributed by atoms with E-state index in [0.29, 0.717) is 22.5 Å². The van der Waals surface area contributed by atoms with Crippen LogP contribution in [-0.2, 0) is 11.2 Å². The zero-order valence-electron chi connectivity index (χ0n) is 12.6. The Balaban J connectivity index is 2.04. The maximum Gasteiger partial charge on any atom is 0.227 e. The van der Waals surface area contributed by atoms with Gasteiger partial charge in [0.2, 0.25) is 5.91 Å². The van der Waals surface area contributed by atoms with Crippen LogP contribution in [0, 0.1) is 0 Å². The van der Waals surface area contributed by atoms with E-state index < -0.39 is 0 Å². The van der Waals surface area contributed by atoms with Crippen LogP contribution in [0.3, 0.4) is 0 Å². The van der Waals surface area contributed by atoms with Gasteiger partial charge in [0.05, 0.1) is 16.5 Å². The summed E-state index contributed by atoms with van der Waals surface area (Å²) < 4.78 is 0. The number of benzene rings is 1. The first-order valence-corrected chi connectivity index (χ1v) is 8.11. The van der Waals surface area contributed by atoms with Gasteiger partial charge in [-0.05, 0) is 51.1 Å². The second-order valence-corrected chi connectivity index (χ2v) is 6.74. The molecule has 1 aliphatic rings. The predicted octanol–water partition coefficient (Wildman–Crippen LogP) is 3.48. The van der Waals surface area contributed by atoms with Crippen molar-refractivity contribution in [3.63, 3.8) is 0 Å². The minimum absolute atomic E-state index is 0.180. The lowest BCUT2D eigenvalue weighted by molar-refractivity contribution is -0.134. The fourth-order valence-electron chi connectivity index (χ4n) is 2.87. The van der Waals surface area contributed by atoms with Gasteiger partial charge >= 0.3 is 0 Å². The molecule has 0 saturated carbocycles. The molecule has 1 fully saturated rings. The molecule has 3 nitrogen and oxygen atoms in total. The average Bonchev–Trinajstić information content (AvgIpc) is 2.43. The van der Waals surface area contributed by atoms with E-state index in [9.17, 15) is 4.79 Å². The molecule has 1 saturated heterocycles. The lowest BCUT2D eigenvalue weighted by Crippen LogP contribution is -2.48. The predicted molar refractivity (Wildman–Crippen MR) is 88.1 cm³/mol. The summed E-state index contributed by atoms with van der Waals surface area (Å²) in [5.41, 5.74) is 0.920. The summed E-state index contributed by atoms with van der Waals surface area (Å²) in [4.78, 5) is 16.8. The van der Waals surface area contributed by atoms with E-state index >= 15 is 0 Å². The number of nitrogens with zero attached hydrogens (tertiary/aromatic N) is 2. The number of carbonyl (C=O) groups is 1. The van der Waals surface area contributed by atoms with Crippen molar-refractivity contribution in [3.8, 4) is 0 Å². The van der Waals surface area contributed by atoms with E-state index in [2.05, 4.69) is 19.0 Å². The molecule has 1 amide bonds. The van der Waals surface area contributed by atoms with Crippen molar-refractivity contribution >= 4 is 29.1 Å². The lowest BCUT2D eigenvalue weighted by atomic mass is 10.0. The number of amides is 1. The van der Waals surface area contributed by atoms with Gasteiger partial charge in [-0.3, -0.25) is 4.79 Å². The Morgan fingerprint density at radius 3 is 2.71 bits per heavy atom. The number of hydrogen-bond donors (Lipinski definition) is 0. The number of carbonyl (C=O) groups excluding carboxylic acids is 1. The molecule has 0 aliphatic carbocycles. The van der Waals surface area contributed by atoms with E-state index in [0.717, 1.165) is 31.5 Å². The van der Waals surface area contributed by atoms with E-state index in [1.54, 1.807) is 12.1 Å². The fourth-order valence-corrected chi connectivity index (χ4v) is 3.19. The molecule has 0 radical (unpaired) electrons. The SMILES string of the molecule is CN(C)C[C@@H]1CCCCN1C(=O)Cc1ccc(Cl)c(Cl)c1. The molecule has 0 N–H and O–H groups in total. The topological polar surface area (TPSA) is 23.6 Å². The van der Waals surface area contributed by atoms with Gasteiger partial charge in [-0.2, -0.15) is 0 Å². The van der Waals surface area contributed by atoms with Crippen LogP contribution in [0.1, 0.15) is 24.8 Å². The van der Waals surface area contributed by atoms with Crippen molar-refractivity contribution in [2.45, 2.75) is 31.7 Å². The Bertz CT molecular complexity index is 505. The molecule has 5 heteroatoms. The highest BCUT2D eigenvalue weighted by atomic mass is 35.5. The second kappa shape index (κ2) is 7.48. The molecule has 0 bridgehead atoms. The molecular formula is C16H22Cl2N2O. The average molecular weight is 329 g/mol. The standard InChI is InChI=1S/C16H22Cl2N2O/c1-19(2)11-13-5-3-4-8-20(13)16(21)10-12-6-7-14(17)15(18)9-12/h6-7,9,13H,3-5,8,10-11H2,1-2H3/t13-/m0/s1. The van der Waals surface area contributed by atoms with E-state index in [1.807, 2.05) is 11.0 Å². The first-order chi connectivity index (χ1) is 9.97. The summed E-state index contributed by atoms with van der Waals surface area (Å²) >= 11 is 11.9. The van der Waals surface area contributed by atoms with Crippen molar-refractivity contribution in [2.75, 3.05) is 27.2 Å². The molecule has 0 spiro atoms. The molecule has 1 aromatic carbocycles. The van der Waals surface area contributed by atoms with Crippen LogP contribution >= 0.6 is 23.2 Å². The van der Waals surface area contributed by atoms with Gasteiger partial charge in [0.1, 0.15) is 0 Å². The summed E-state index contributed by atoms with van der Waals surface area (Å²) in [6.45, 7) is 1.78. The Morgan fingerprint density at radius 2 is 2.05 bits per heavy atom. The molecule has 1 atom stereocenters. The third-order valence-electron chi connectivity index (χ3n) is 3.86. The van der Waals surface area contributed by atoms with Crippen LogP contribution in [0.25, 0.3) is 0 Å². The maximum atomic E-state index is 12.6. The summed E-state index contributed by atoms with van der Waals surface area (Å²) in [6.07, 6.45) is 3.78. The molecule has 1 aromatic rings. The number of hydrogen-bond acceptors (Lipinski definition) is 2. The van der Waals surface area contributed by atoms with E-state index in [4.69, 9.17) is 23.2 Å². The highest BCUT2D eigenvalue weighted by Crippen LogP contribution is 2.24. The zero-order chi connectivity index (χ0) is 15.4. The van der Waals surface area contributed by atoms with Crippen LogP contribution in [0.2, 0.25) is 10.0 Å². The van der Waals surface area contributed by atoms with Crippen LogP contribution in [0.15, 0.2) is 18.2 Å². The molecule has 2 rings (SSSR count). The molecule has 21 heavy (non-hydrogen) atoms. The number of halogens is 2. The van der Waals surface area contributed by atoms with Gasteiger partial charge in [-0.1, -0.05) is 29.3 Å². The normalized spacial score (nSPS) is 19.1. The zero-order valence-corrected chi connectivity index (χ0v) is 14.1.